The molecule has 0 aliphatic carbocycles. The number of morpholine rings is 1. The van der Waals surface area contributed by atoms with Crippen LogP contribution in [0.2, 0.25) is 4.34 Å². The van der Waals surface area contributed by atoms with Crippen LogP contribution in [-0.4, -0.2) is 73.2 Å². The molecule has 3 aromatic rings. The van der Waals surface area contributed by atoms with Crippen LogP contribution in [0, 0.1) is 0 Å². The van der Waals surface area contributed by atoms with Gasteiger partial charge in [0, 0.05) is 56.1 Å². The van der Waals surface area contributed by atoms with Gasteiger partial charge in [-0.1, -0.05) is 29.8 Å². The number of para-hydroxylation sites is 1. The van der Waals surface area contributed by atoms with Gasteiger partial charge < -0.3 is 14.5 Å². The Labute approximate surface area is 191 Å². The standard InChI is InChI=1S/C23H25ClN4O2S/c24-21-6-5-17(31-21)16-26-7-9-27(10-8-26)22-15-19(18-3-1-2-4-20(18)25-22)23(29)28-11-13-30-14-12-28/h1-6,15H,7-14,16H2. The molecule has 1 amide bonds. The Morgan fingerprint density at radius 1 is 1.03 bits per heavy atom. The van der Waals surface area contributed by atoms with Crippen molar-refractivity contribution >= 4 is 45.6 Å². The molecular formula is C23H25ClN4O2S. The summed E-state index contributed by atoms with van der Waals surface area (Å²) in [6, 6.07) is 14.0. The number of ether oxygens (including phenoxy) is 1. The van der Waals surface area contributed by atoms with E-state index in [4.69, 9.17) is 21.3 Å². The number of carbonyl (C=O) groups is 1. The number of pyridine rings is 1. The van der Waals surface area contributed by atoms with E-state index in [2.05, 4.69) is 15.9 Å². The lowest BCUT2D eigenvalue weighted by molar-refractivity contribution is 0.0304. The number of hydrogen-bond donors (Lipinski definition) is 0. The molecular weight excluding hydrogens is 432 g/mol. The van der Waals surface area contributed by atoms with Gasteiger partial charge in [-0.3, -0.25) is 9.69 Å². The maximum atomic E-state index is 13.3. The minimum absolute atomic E-state index is 0.0661. The fraction of sp³-hybridized carbons (Fsp3) is 0.391. The summed E-state index contributed by atoms with van der Waals surface area (Å²) < 4.78 is 6.26. The molecule has 0 radical (unpaired) electrons. The first-order valence-corrected chi connectivity index (χ1v) is 11.9. The van der Waals surface area contributed by atoms with Crippen molar-refractivity contribution in [2.45, 2.75) is 6.54 Å². The number of thiophene rings is 1. The highest BCUT2D eigenvalue weighted by molar-refractivity contribution is 7.16. The van der Waals surface area contributed by atoms with Crippen molar-refractivity contribution in [1.29, 1.82) is 0 Å². The van der Waals surface area contributed by atoms with E-state index in [0.29, 0.717) is 26.3 Å². The van der Waals surface area contributed by atoms with E-state index in [-0.39, 0.29) is 5.91 Å². The van der Waals surface area contributed by atoms with Crippen LogP contribution in [0.25, 0.3) is 10.9 Å². The SMILES string of the molecule is O=C(c1cc(N2CCN(Cc3ccc(Cl)s3)CC2)nc2ccccc12)N1CCOCC1. The molecule has 4 heterocycles. The van der Waals surface area contributed by atoms with E-state index >= 15 is 0 Å². The van der Waals surface area contributed by atoms with Crippen LogP contribution >= 0.6 is 22.9 Å². The van der Waals surface area contributed by atoms with Crippen molar-refractivity contribution in [2.75, 3.05) is 57.4 Å². The molecule has 31 heavy (non-hydrogen) atoms. The van der Waals surface area contributed by atoms with Gasteiger partial charge in [-0.15, -0.1) is 11.3 Å². The lowest BCUT2D eigenvalue weighted by atomic mass is 10.1. The number of anilines is 1. The van der Waals surface area contributed by atoms with E-state index in [1.54, 1.807) is 11.3 Å². The van der Waals surface area contributed by atoms with Gasteiger partial charge >= 0.3 is 0 Å². The monoisotopic (exact) mass is 456 g/mol. The summed E-state index contributed by atoms with van der Waals surface area (Å²) in [4.78, 5) is 26.1. The third kappa shape index (κ3) is 4.55. The van der Waals surface area contributed by atoms with Crippen LogP contribution in [0.15, 0.2) is 42.5 Å². The highest BCUT2D eigenvalue weighted by Gasteiger charge is 2.24. The normalized spacial score (nSPS) is 18.0. The summed E-state index contributed by atoms with van der Waals surface area (Å²) in [5, 5.41) is 0.913. The molecule has 2 aliphatic heterocycles. The van der Waals surface area contributed by atoms with Crippen molar-refractivity contribution in [3.63, 3.8) is 0 Å². The highest BCUT2D eigenvalue weighted by Crippen LogP contribution is 2.27. The number of benzene rings is 1. The van der Waals surface area contributed by atoms with Gasteiger partial charge in [0.2, 0.25) is 0 Å². The Bertz CT molecular complexity index is 1070. The second-order valence-corrected chi connectivity index (χ2v) is 9.72. The number of carbonyl (C=O) groups excluding carboxylic acids is 1. The van der Waals surface area contributed by atoms with Crippen molar-refractivity contribution in [2.24, 2.45) is 0 Å². The summed E-state index contributed by atoms with van der Waals surface area (Å²) in [7, 11) is 0. The number of hydrogen-bond acceptors (Lipinski definition) is 6. The number of piperazine rings is 1. The van der Waals surface area contributed by atoms with Crippen LogP contribution < -0.4 is 4.90 Å². The Hall–Kier alpha value is -2.19. The fourth-order valence-corrected chi connectivity index (χ4v) is 5.36. The van der Waals surface area contributed by atoms with Crippen LogP contribution in [0.1, 0.15) is 15.2 Å². The molecule has 162 valence electrons. The first kappa shape index (κ1) is 20.7. The van der Waals surface area contributed by atoms with Gasteiger partial charge in [-0.05, 0) is 24.3 Å². The molecule has 2 aliphatic rings. The summed E-state index contributed by atoms with van der Waals surface area (Å²) >= 11 is 7.72. The molecule has 0 N–H and O–H groups in total. The summed E-state index contributed by atoms with van der Waals surface area (Å²) in [6.45, 7) is 7.07. The lowest BCUT2D eigenvalue weighted by Crippen LogP contribution is -2.46. The number of nitrogens with zero attached hydrogens (tertiary/aromatic N) is 4. The molecule has 5 rings (SSSR count). The molecule has 2 saturated heterocycles. The first-order chi connectivity index (χ1) is 15.2. The topological polar surface area (TPSA) is 48.9 Å². The van der Waals surface area contributed by atoms with Crippen LogP contribution in [0.3, 0.4) is 0 Å². The minimum atomic E-state index is 0.0661. The summed E-state index contributed by atoms with van der Waals surface area (Å²) in [5.41, 5.74) is 1.60. The largest absolute Gasteiger partial charge is 0.378 e. The predicted octanol–water partition coefficient (Wildman–Crippen LogP) is 3.74. The molecule has 0 bridgehead atoms. The predicted molar refractivity (Wildman–Crippen MR) is 125 cm³/mol. The van der Waals surface area contributed by atoms with E-state index < -0.39 is 0 Å². The van der Waals surface area contributed by atoms with Gasteiger partial charge in [0.15, 0.2) is 0 Å². The number of rotatable bonds is 4. The molecule has 0 unspecified atom stereocenters. The number of aromatic nitrogens is 1. The van der Waals surface area contributed by atoms with Crippen LogP contribution in [0.5, 0.6) is 0 Å². The quantitative estimate of drug-likeness (QED) is 0.598. The number of halogens is 1. The second-order valence-electron chi connectivity index (χ2n) is 7.92. The number of fused-ring (bicyclic) bond motifs is 1. The molecule has 2 fully saturated rings. The third-order valence-electron chi connectivity index (χ3n) is 5.94. The second kappa shape index (κ2) is 9.12. The van der Waals surface area contributed by atoms with Crippen molar-refractivity contribution in [3.05, 3.63) is 57.2 Å². The zero-order chi connectivity index (χ0) is 21.2. The maximum Gasteiger partial charge on any atom is 0.254 e. The lowest BCUT2D eigenvalue weighted by Gasteiger charge is -2.35. The Kier molecular flexibility index (Phi) is 6.09. The molecule has 2 aromatic heterocycles. The Morgan fingerprint density at radius 3 is 2.55 bits per heavy atom. The molecule has 6 nitrogen and oxygen atoms in total. The fourth-order valence-electron chi connectivity index (χ4n) is 4.23. The molecule has 0 saturated carbocycles. The molecule has 1 aromatic carbocycles. The molecule has 0 spiro atoms. The van der Waals surface area contributed by atoms with Gasteiger partial charge in [-0.2, -0.15) is 0 Å². The Balaban J connectivity index is 1.36. The third-order valence-corrected chi connectivity index (χ3v) is 7.15. The average molecular weight is 457 g/mol. The molecule has 0 atom stereocenters. The van der Waals surface area contributed by atoms with Gasteiger partial charge in [0.1, 0.15) is 5.82 Å². The average Bonchev–Trinajstić information content (AvgIpc) is 3.23. The zero-order valence-electron chi connectivity index (χ0n) is 17.3. The van der Waals surface area contributed by atoms with Crippen molar-refractivity contribution in [3.8, 4) is 0 Å². The maximum absolute atomic E-state index is 13.3. The highest BCUT2D eigenvalue weighted by atomic mass is 35.5. The smallest absolute Gasteiger partial charge is 0.254 e. The van der Waals surface area contributed by atoms with Gasteiger partial charge in [0.25, 0.3) is 5.91 Å². The van der Waals surface area contributed by atoms with Crippen LogP contribution in [-0.2, 0) is 11.3 Å². The molecule has 8 heteroatoms. The minimum Gasteiger partial charge on any atom is -0.378 e. The summed E-state index contributed by atoms with van der Waals surface area (Å²) in [5.74, 6) is 0.950. The number of amides is 1. The van der Waals surface area contributed by atoms with Gasteiger partial charge in [-0.25, -0.2) is 4.98 Å². The van der Waals surface area contributed by atoms with Crippen molar-refractivity contribution in [1.82, 2.24) is 14.8 Å². The first-order valence-electron chi connectivity index (χ1n) is 10.7. The van der Waals surface area contributed by atoms with Crippen LogP contribution in [0.4, 0.5) is 5.82 Å². The van der Waals surface area contributed by atoms with E-state index in [9.17, 15) is 4.79 Å². The van der Waals surface area contributed by atoms with Crippen molar-refractivity contribution < 1.29 is 9.53 Å². The zero-order valence-corrected chi connectivity index (χ0v) is 18.9. The Morgan fingerprint density at radius 2 is 1.81 bits per heavy atom. The van der Waals surface area contributed by atoms with E-state index in [1.165, 1.54) is 4.88 Å². The van der Waals surface area contributed by atoms with Gasteiger partial charge in [0.05, 0.1) is 28.6 Å². The van der Waals surface area contributed by atoms with E-state index in [0.717, 1.165) is 59.3 Å². The van der Waals surface area contributed by atoms with E-state index in [1.807, 2.05) is 41.3 Å². The summed E-state index contributed by atoms with van der Waals surface area (Å²) in [6.07, 6.45) is 0.